The van der Waals surface area contributed by atoms with Crippen molar-refractivity contribution in [3.8, 4) is 0 Å². The zero-order chi connectivity index (χ0) is 21.6. The van der Waals surface area contributed by atoms with Crippen LogP contribution in [0.4, 0.5) is 11.4 Å². The second-order valence-corrected chi connectivity index (χ2v) is 9.45. The lowest BCUT2D eigenvalue weighted by atomic mass is 10.1. The molecule has 7 nitrogen and oxygen atoms in total. The average molecular weight is 482 g/mol. The van der Waals surface area contributed by atoms with Crippen LogP contribution in [0.5, 0.6) is 0 Å². The Bertz CT molecular complexity index is 995. The van der Waals surface area contributed by atoms with Gasteiger partial charge in [0, 0.05) is 10.5 Å². The molecule has 2 amide bonds. The molecule has 0 aromatic heterocycles. The van der Waals surface area contributed by atoms with Crippen molar-refractivity contribution in [1.82, 2.24) is 5.32 Å². The number of hydrogen-bond acceptors (Lipinski definition) is 4. The molecule has 0 fully saturated rings. The van der Waals surface area contributed by atoms with Crippen LogP contribution in [0.3, 0.4) is 0 Å². The first-order chi connectivity index (χ1) is 13.6. The van der Waals surface area contributed by atoms with E-state index in [4.69, 9.17) is 0 Å². The van der Waals surface area contributed by atoms with Crippen LogP contribution < -0.4 is 14.9 Å². The maximum atomic E-state index is 12.6. The van der Waals surface area contributed by atoms with Crippen molar-refractivity contribution >= 4 is 49.1 Å². The molecule has 0 saturated carbocycles. The fraction of sp³-hybridized carbons (Fsp3) is 0.300. The fourth-order valence-electron chi connectivity index (χ4n) is 2.55. The number of rotatable bonds is 8. The molecule has 0 spiro atoms. The van der Waals surface area contributed by atoms with Crippen LogP contribution in [0.1, 0.15) is 30.6 Å². The summed E-state index contributed by atoms with van der Waals surface area (Å²) in [4.78, 5) is 25.1. The standard InChI is InChI=1S/C20H24BrN3O4S/c1-4-14(2)22-20(26)17-10-5-6-11-18(17)23-19(25)13-24(29(3,27)28)16-9-7-8-15(21)12-16/h5-12,14H,4,13H2,1-3H3,(H,22,26)(H,23,25)/t14-/m1/s1. The van der Waals surface area contributed by atoms with Gasteiger partial charge in [-0.25, -0.2) is 8.42 Å². The van der Waals surface area contributed by atoms with Crippen LogP contribution in [0.2, 0.25) is 0 Å². The van der Waals surface area contributed by atoms with E-state index in [9.17, 15) is 18.0 Å². The second kappa shape index (κ2) is 9.89. The molecule has 2 N–H and O–H groups in total. The third-order valence-electron chi connectivity index (χ3n) is 4.22. The minimum atomic E-state index is -3.70. The number of anilines is 2. The Labute approximate surface area is 179 Å². The summed E-state index contributed by atoms with van der Waals surface area (Å²) in [5, 5.41) is 5.51. The van der Waals surface area contributed by atoms with Crippen molar-refractivity contribution in [2.24, 2.45) is 0 Å². The lowest BCUT2D eigenvalue weighted by molar-refractivity contribution is -0.114. The molecule has 29 heavy (non-hydrogen) atoms. The van der Waals surface area contributed by atoms with Crippen LogP contribution in [-0.4, -0.2) is 39.1 Å². The van der Waals surface area contributed by atoms with E-state index in [2.05, 4.69) is 26.6 Å². The van der Waals surface area contributed by atoms with Crippen molar-refractivity contribution in [2.45, 2.75) is 26.3 Å². The molecule has 0 aliphatic carbocycles. The second-order valence-electron chi connectivity index (χ2n) is 6.63. The third kappa shape index (κ3) is 6.57. The Balaban J connectivity index is 2.22. The van der Waals surface area contributed by atoms with Crippen LogP contribution in [0.15, 0.2) is 53.0 Å². The molecule has 0 aliphatic rings. The quantitative estimate of drug-likeness (QED) is 0.603. The number of hydrogen-bond donors (Lipinski definition) is 2. The number of carbonyl (C=O) groups excluding carboxylic acids is 2. The summed E-state index contributed by atoms with van der Waals surface area (Å²) in [6, 6.07) is 13.3. The topological polar surface area (TPSA) is 95.6 Å². The average Bonchev–Trinajstić information content (AvgIpc) is 2.65. The number of benzene rings is 2. The third-order valence-corrected chi connectivity index (χ3v) is 5.85. The molecule has 1 atom stereocenters. The Hall–Kier alpha value is -2.39. The molecule has 2 aromatic carbocycles. The molecule has 9 heteroatoms. The van der Waals surface area contributed by atoms with Gasteiger partial charge < -0.3 is 10.6 Å². The van der Waals surface area contributed by atoms with Gasteiger partial charge in [0.2, 0.25) is 15.9 Å². The van der Waals surface area contributed by atoms with Crippen molar-refractivity contribution in [3.05, 3.63) is 58.6 Å². The normalized spacial score (nSPS) is 12.1. The lowest BCUT2D eigenvalue weighted by Gasteiger charge is -2.22. The van der Waals surface area contributed by atoms with Crippen molar-refractivity contribution in [3.63, 3.8) is 0 Å². The molecule has 156 valence electrons. The minimum Gasteiger partial charge on any atom is -0.350 e. The zero-order valence-corrected chi connectivity index (χ0v) is 18.9. The van der Waals surface area contributed by atoms with Crippen LogP contribution in [0, 0.1) is 0 Å². The first-order valence-corrected chi connectivity index (χ1v) is 11.7. The number of nitrogens with zero attached hydrogens (tertiary/aromatic N) is 1. The van der Waals surface area contributed by atoms with Gasteiger partial charge in [-0.05, 0) is 43.7 Å². The maximum absolute atomic E-state index is 12.6. The highest BCUT2D eigenvalue weighted by Crippen LogP contribution is 2.22. The number of nitrogens with one attached hydrogen (secondary N) is 2. The zero-order valence-electron chi connectivity index (χ0n) is 16.5. The number of amides is 2. The van der Waals surface area contributed by atoms with Gasteiger partial charge in [-0.2, -0.15) is 0 Å². The van der Waals surface area contributed by atoms with Gasteiger partial charge in [-0.3, -0.25) is 13.9 Å². The van der Waals surface area contributed by atoms with Crippen LogP contribution in [-0.2, 0) is 14.8 Å². The molecular weight excluding hydrogens is 458 g/mol. The van der Waals surface area contributed by atoms with Gasteiger partial charge in [-0.1, -0.05) is 41.1 Å². The first-order valence-electron chi connectivity index (χ1n) is 9.04. The van der Waals surface area contributed by atoms with Gasteiger partial charge in [0.25, 0.3) is 5.91 Å². The van der Waals surface area contributed by atoms with E-state index in [-0.39, 0.29) is 11.9 Å². The maximum Gasteiger partial charge on any atom is 0.253 e. The molecule has 0 unspecified atom stereocenters. The van der Waals surface area contributed by atoms with Gasteiger partial charge in [0.05, 0.1) is 23.2 Å². The van der Waals surface area contributed by atoms with E-state index < -0.39 is 22.5 Å². The van der Waals surface area contributed by atoms with Gasteiger partial charge in [0.1, 0.15) is 6.54 Å². The van der Waals surface area contributed by atoms with Crippen molar-refractivity contribution in [1.29, 1.82) is 0 Å². The predicted molar refractivity (Wildman–Crippen MR) is 119 cm³/mol. The van der Waals surface area contributed by atoms with Crippen LogP contribution in [0.25, 0.3) is 0 Å². The van der Waals surface area contributed by atoms with E-state index in [1.54, 1.807) is 48.5 Å². The van der Waals surface area contributed by atoms with Crippen molar-refractivity contribution < 1.29 is 18.0 Å². The predicted octanol–water partition coefficient (Wildman–Crippen LogP) is 3.38. The molecule has 0 bridgehead atoms. The largest absolute Gasteiger partial charge is 0.350 e. The van der Waals surface area contributed by atoms with E-state index in [0.29, 0.717) is 21.4 Å². The minimum absolute atomic E-state index is 0.0106. The molecule has 0 radical (unpaired) electrons. The molecule has 0 aliphatic heterocycles. The van der Waals surface area contributed by atoms with Gasteiger partial charge in [0.15, 0.2) is 0 Å². The summed E-state index contributed by atoms with van der Waals surface area (Å²) in [6.45, 7) is 3.43. The number of para-hydroxylation sites is 1. The molecule has 0 saturated heterocycles. The number of carbonyl (C=O) groups is 2. The summed E-state index contributed by atoms with van der Waals surface area (Å²) in [6.07, 6.45) is 1.81. The van der Waals surface area contributed by atoms with E-state index in [0.717, 1.165) is 17.0 Å². The van der Waals surface area contributed by atoms with Crippen LogP contribution >= 0.6 is 15.9 Å². The van der Waals surface area contributed by atoms with E-state index in [1.807, 2.05) is 13.8 Å². The fourth-order valence-corrected chi connectivity index (χ4v) is 3.78. The summed E-state index contributed by atoms with van der Waals surface area (Å²) >= 11 is 3.30. The van der Waals surface area contributed by atoms with E-state index in [1.165, 1.54) is 0 Å². The summed E-state index contributed by atoms with van der Waals surface area (Å²) in [7, 11) is -3.70. The Morgan fingerprint density at radius 1 is 1.14 bits per heavy atom. The summed E-state index contributed by atoms with van der Waals surface area (Å²) < 4.78 is 26.2. The Kier molecular flexibility index (Phi) is 7.80. The highest BCUT2D eigenvalue weighted by atomic mass is 79.9. The highest BCUT2D eigenvalue weighted by molar-refractivity contribution is 9.10. The van der Waals surface area contributed by atoms with Gasteiger partial charge >= 0.3 is 0 Å². The van der Waals surface area contributed by atoms with Crippen molar-refractivity contribution in [2.75, 3.05) is 22.4 Å². The summed E-state index contributed by atoms with van der Waals surface area (Å²) in [5.74, 6) is -0.860. The summed E-state index contributed by atoms with van der Waals surface area (Å²) in [5.41, 5.74) is 0.996. The number of halogens is 1. The molecule has 2 rings (SSSR count). The lowest BCUT2D eigenvalue weighted by Crippen LogP contribution is -2.38. The highest BCUT2D eigenvalue weighted by Gasteiger charge is 2.22. The SMILES string of the molecule is CC[C@@H](C)NC(=O)c1ccccc1NC(=O)CN(c1cccc(Br)c1)S(C)(=O)=O. The monoisotopic (exact) mass is 481 g/mol. The Morgan fingerprint density at radius 3 is 2.45 bits per heavy atom. The number of sulfonamides is 1. The molecule has 2 aromatic rings. The van der Waals surface area contributed by atoms with E-state index >= 15 is 0 Å². The van der Waals surface area contributed by atoms with Gasteiger partial charge in [-0.15, -0.1) is 0 Å². The first kappa shape index (κ1) is 22.9. The smallest absolute Gasteiger partial charge is 0.253 e. The molecular formula is C20H24BrN3O4S. The molecule has 0 heterocycles. The Morgan fingerprint density at radius 2 is 1.83 bits per heavy atom.